The Labute approximate surface area is 147 Å². The first kappa shape index (κ1) is 15.6. The molecule has 6 heteroatoms. The molecule has 0 fully saturated rings. The third-order valence-electron chi connectivity index (χ3n) is 3.93. The van der Waals surface area contributed by atoms with E-state index in [0.717, 1.165) is 5.56 Å². The van der Waals surface area contributed by atoms with Gasteiger partial charge in [0.15, 0.2) is 11.6 Å². The molecule has 0 saturated carbocycles. The molecule has 0 spiro atoms. The number of halogens is 3. The van der Waals surface area contributed by atoms with E-state index in [1.165, 1.54) is 12.1 Å². The van der Waals surface area contributed by atoms with Gasteiger partial charge in [-0.05, 0) is 35.9 Å². The second-order valence-electron chi connectivity index (χ2n) is 5.54. The fourth-order valence-electron chi connectivity index (χ4n) is 2.69. The minimum Gasteiger partial charge on any atom is -0.338 e. The van der Waals surface area contributed by atoms with Gasteiger partial charge in [0, 0.05) is 16.6 Å². The zero-order chi connectivity index (χ0) is 17.4. The summed E-state index contributed by atoms with van der Waals surface area (Å²) in [6.07, 6.45) is 0. The van der Waals surface area contributed by atoms with Crippen LogP contribution in [0.5, 0.6) is 0 Å². The Morgan fingerprint density at radius 3 is 2.40 bits per heavy atom. The van der Waals surface area contributed by atoms with E-state index in [0.29, 0.717) is 22.5 Å². The van der Waals surface area contributed by atoms with Gasteiger partial charge < -0.3 is 5.32 Å². The molecule has 4 rings (SSSR count). The molecule has 0 radical (unpaired) electrons. The van der Waals surface area contributed by atoms with E-state index in [4.69, 9.17) is 11.6 Å². The fraction of sp³-hybridized carbons (Fsp3) is 0. The van der Waals surface area contributed by atoms with E-state index < -0.39 is 5.82 Å². The van der Waals surface area contributed by atoms with Gasteiger partial charge in [-0.3, -0.25) is 5.10 Å². The molecule has 0 aliphatic rings. The summed E-state index contributed by atoms with van der Waals surface area (Å²) in [6.45, 7) is 0. The van der Waals surface area contributed by atoms with E-state index in [1.807, 2.05) is 30.3 Å². The highest BCUT2D eigenvalue weighted by Gasteiger charge is 2.17. The summed E-state index contributed by atoms with van der Waals surface area (Å²) in [5.41, 5.74) is 2.25. The first-order valence-electron chi connectivity index (χ1n) is 7.57. The van der Waals surface area contributed by atoms with Crippen molar-refractivity contribution >= 4 is 34.0 Å². The van der Waals surface area contributed by atoms with Gasteiger partial charge in [0.2, 0.25) is 0 Å². The van der Waals surface area contributed by atoms with Crippen LogP contribution < -0.4 is 5.32 Å². The van der Waals surface area contributed by atoms with Crippen molar-refractivity contribution in [3.05, 3.63) is 77.3 Å². The number of nitrogens with zero attached hydrogens (tertiary/aromatic N) is 1. The van der Waals surface area contributed by atoms with Crippen molar-refractivity contribution in [1.82, 2.24) is 10.2 Å². The van der Waals surface area contributed by atoms with Crippen LogP contribution in [0.1, 0.15) is 0 Å². The second-order valence-corrected chi connectivity index (χ2v) is 5.92. The molecule has 0 aliphatic heterocycles. The second kappa shape index (κ2) is 6.18. The molecule has 0 atom stereocenters. The highest BCUT2D eigenvalue weighted by molar-refractivity contribution is 6.34. The maximum atomic E-state index is 14.7. The number of aromatic amines is 1. The van der Waals surface area contributed by atoms with Crippen molar-refractivity contribution in [2.45, 2.75) is 0 Å². The number of hydrogen-bond donors (Lipinski definition) is 2. The predicted molar refractivity (Wildman–Crippen MR) is 96.2 cm³/mol. The molecule has 3 nitrogen and oxygen atoms in total. The molecule has 0 unspecified atom stereocenters. The summed E-state index contributed by atoms with van der Waals surface area (Å²) in [5, 5.41) is 10.4. The van der Waals surface area contributed by atoms with Crippen LogP contribution in [0, 0.1) is 11.6 Å². The number of H-pyrrole nitrogens is 1. The minimum absolute atomic E-state index is 0.0377. The Morgan fingerprint density at radius 2 is 1.68 bits per heavy atom. The largest absolute Gasteiger partial charge is 0.338 e. The van der Waals surface area contributed by atoms with Gasteiger partial charge in [0.25, 0.3) is 0 Å². The standard InChI is InChI=1S/C19H12ClF2N3/c20-16-14(11-4-2-1-3-5-11)10-15-18(17(16)22)24-25-19(15)23-13-8-6-12(21)7-9-13/h1-10H,(H2,23,24,25). The molecule has 1 aromatic heterocycles. The quantitative estimate of drug-likeness (QED) is 0.480. The Hall–Kier alpha value is -2.92. The van der Waals surface area contributed by atoms with Gasteiger partial charge in [0.05, 0.1) is 5.02 Å². The highest BCUT2D eigenvalue weighted by atomic mass is 35.5. The lowest BCUT2D eigenvalue weighted by molar-refractivity contribution is 0.628. The van der Waals surface area contributed by atoms with Gasteiger partial charge in [-0.1, -0.05) is 41.9 Å². The monoisotopic (exact) mass is 355 g/mol. The van der Waals surface area contributed by atoms with Crippen LogP contribution in [0.4, 0.5) is 20.3 Å². The maximum absolute atomic E-state index is 14.7. The third kappa shape index (κ3) is 2.83. The van der Waals surface area contributed by atoms with Gasteiger partial charge in [0.1, 0.15) is 11.3 Å². The molecule has 4 aromatic rings. The van der Waals surface area contributed by atoms with Crippen LogP contribution in [-0.4, -0.2) is 10.2 Å². The molecular formula is C19H12ClF2N3. The van der Waals surface area contributed by atoms with Crippen LogP contribution in [0.25, 0.3) is 22.0 Å². The van der Waals surface area contributed by atoms with Crippen LogP contribution >= 0.6 is 11.6 Å². The van der Waals surface area contributed by atoms with E-state index in [1.54, 1.807) is 18.2 Å². The predicted octanol–water partition coefficient (Wildman–Crippen LogP) is 5.91. The first-order valence-corrected chi connectivity index (χ1v) is 7.95. The summed E-state index contributed by atoms with van der Waals surface area (Å²) < 4.78 is 27.7. The van der Waals surface area contributed by atoms with Gasteiger partial charge >= 0.3 is 0 Å². The number of rotatable bonds is 3. The molecule has 0 bridgehead atoms. The summed E-state index contributed by atoms with van der Waals surface area (Å²) in [5.74, 6) is -0.450. The van der Waals surface area contributed by atoms with E-state index >= 15 is 0 Å². The highest BCUT2D eigenvalue weighted by Crippen LogP contribution is 2.37. The smallest absolute Gasteiger partial charge is 0.168 e. The Kier molecular flexibility index (Phi) is 3.86. The number of hydrogen-bond acceptors (Lipinski definition) is 2. The molecule has 0 saturated heterocycles. The van der Waals surface area contributed by atoms with Crippen molar-refractivity contribution in [3.8, 4) is 11.1 Å². The molecule has 0 amide bonds. The number of aromatic nitrogens is 2. The molecule has 124 valence electrons. The fourth-order valence-corrected chi connectivity index (χ4v) is 2.95. The van der Waals surface area contributed by atoms with Gasteiger partial charge in [-0.15, -0.1) is 0 Å². The van der Waals surface area contributed by atoms with Crippen molar-refractivity contribution in [3.63, 3.8) is 0 Å². The summed E-state index contributed by atoms with van der Waals surface area (Å²) >= 11 is 6.21. The number of nitrogens with one attached hydrogen (secondary N) is 2. The zero-order valence-corrected chi connectivity index (χ0v) is 13.6. The van der Waals surface area contributed by atoms with Crippen LogP contribution in [0.15, 0.2) is 60.7 Å². The molecule has 3 aromatic carbocycles. The molecular weight excluding hydrogens is 344 g/mol. The van der Waals surface area contributed by atoms with E-state index in [2.05, 4.69) is 15.5 Å². The van der Waals surface area contributed by atoms with Crippen molar-refractivity contribution < 1.29 is 8.78 Å². The number of benzene rings is 3. The minimum atomic E-state index is -0.558. The average Bonchev–Trinajstić information content (AvgIpc) is 3.03. The summed E-state index contributed by atoms with van der Waals surface area (Å²) in [7, 11) is 0. The Balaban J connectivity index is 1.84. The van der Waals surface area contributed by atoms with Crippen molar-refractivity contribution in [2.75, 3.05) is 5.32 Å². The average molecular weight is 356 g/mol. The van der Waals surface area contributed by atoms with Crippen molar-refractivity contribution in [2.24, 2.45) is 0 Å². The summed E-state index contributed by atoms with van der Waals surface area (Å²) in [6, 6.07) is 17.0. The third-order valence-corrected chi connectivity index (χ3v) is 4.30. The first-order chi connectivity index (χ1) is 12.1. The Morgan fingerprint density at radius 1 is 0.960 bits per heavy atom. The molecule has 2 N–H and O–H groups in total. The zero-order valence-electron chi connectivity index (χ0n) is 12.9. The SMILES string of the molecule is Fc1ccc(Nc2n[nH]c3c(F)c(Cl)c(-c4ccccc4)cc23)cc1. The topological polar surface area (TPSA) is 40.7 Å². The van der Waals surface area contributed by atoms with Gasteiger partial charge in [-0.2, -0.15) is 5.10 Å². The normalized spacial score (nSPS) is 11.0. The lowest BCUT2D eigenvalue weighted by Crippen LogP contribution is -1.92. The van der Waals surface area contributed by atoms with E-state index in [-0.39, 0.29) is 16.4 Å². The van der Waals surface area contributed by atoms with Crippen LogP contribution in [0.2, 0.25) is 5.02 Å². The summed E-state index contributed by atoms with van der Waals surface area (Å²) in [4.78, 5) is 0. The lowest BCUT2D eigenvalue weighted by atomic mass is 10.0. The van der Waals surface area contributed by atoms with E-state index in [9.17, 15) is 8.78 Å². The van der Waals surface area contributed by atoms with Crippen LogP contribution in [-0.2, 0) is 0 Å². The lowest BCUT2D eigenvalue weighted by Gasteiger charge is -2.08. The molecule has 25 heavy (non-hydrogen) atoms. The van der Waals surface area contributed by atoms with Crippen molar-refractivity contribution in [1.29, 1.82) is 0 Å². The molecule has 1 heterocycles. The molecule has 0 aliphatic carbocycles. The maximum Gasteiger partial charge on any atom is 0.168 e. The van der Waals surface area contributed by atoms with Crippen LogP contribution in [0.3, 0.4) is 0 Å². The van der Waals surface area contributed by atoms with Gasteiger partial charge in [-0.25, -0.2) is 8.78 Å². The number of fused-ring (bicyclic) bond motifs is 1. The number of anilines is 2. The Bertz CT molecular complexity index is 1040.